The average molecular weight is 413 g/mol. The molecule has 1 saturated heterocycles. The Morgan fingerprint density at radius 2 is 1.96 bits per heavy atom. The maximum Gasteiger partial charge on any atom is 0.317 e. The molecule has 2 aliphatic rings. The van der Waals surface area contributed by atoms with Crippen LogP contribution in [-0.4, -0.2) is 90.9 Å². The van der Waals surface area contributed by atoms with Crippen LogP contribution in [0.4, 0.5) is 4.79 Å². The number of aliphatic imine (C=N–C) groups is 1. The highest BCUT2D eigenvalue weighted by atomic mass is 32.2. The van der Waals surface area contributed by atoms with E-state index in [0.29, 0.717) is 18.9 Å². The molecule has 8 heteroatoms. The summed E-state index contributed by atoms with van der Waals surface area (Å²) in [6.07, 6.45) is 0.630. The number of amides is 2. The highest BCUT2D eigenvalue weighted by Crippen LogP contribution is 2.23. The fourth-order valence-electron chi connectivity index (χ4n) is 3.33. The molecule has 0 bridgehead atoms. The van der Waals surface area contributed by atoms with E-state index < -0.39 is 6.04 Å². The van der Waals surface area contributed by atoms with E-state index in [1.54, 1.807) is 23.7 Å². The summed E-state index contributed by atoms with van der Waals surface area (Å²) in [6, 6.07) is -0.518. The average Bonchev–Trinajstić information content (AvgIpc) is 3.13. The molecular formula is C20H36N4O3S. The molecule has 0 spiro atoms. The number of ketones is 1. The summed E-state index contributed by atoms with van der Waals surface area (Å²) >= 11 is 1.78. The third-order valence-corrected chi connectivity index (χ3v) is 6.53. The molecule has 7 nitrogen and oxygen atoms in total. The van der Waals surface area contributed by atoms with Gasteiger partial charge in [-0.3, -0.25) is 14.7 Å². The van der Waals surface area contributed by atoms with Crippen LogP contribution in [-0.2, 0) is 9.53 Å². The number of hydrogen-bond donors (Lipinski definition) is 1. The second-order valence-electron chi connectivity index (χ2n) is 8.27. The first kappa shape index (κ1) is 23.2. The number of hydrogen-bond acceptors (Lipinski definition) is 6. The van der Waals surface area contributed by atoms with Crippen LogP contribution in [0, 0.1) is 11.8 Å². The zero-order chi connectivity index (χ0) is 20.7. The highest BCUT2D eigenvalue weighted by molar-refractivity contribution is 8.14. The van der Waals surface area contributed by atoms with Gasteiger partial charge in [0.05, 0.1) is 30.3 Å². The van der Waals surface area contributed by atoms with Crippen LogP contribution in [0.2, 0.25) is 0 Å². The van der Waals surface area contributed by atoms with Crippen molar-refractivity contribution in [3.05, 3.63) is 0 Å². The number of rotatable bonds is 9. The lowest BCUT2D eigenvalue weighted by Gasteiger charge is -2.29. The Hall–Kier alpha value is -1.12. The number of carbonyl (C=O) groups is 2. The fourth-order valence-corrected chi connectivity index (χ4v) is 4.43. The van der Waals surface area contributed by atoms with E-state index in [4.69, 9.17) is 9.73 Å². The number of Topliss-reactive ketones (excluding diaryl/α,β-unsaturated/α-hetero) is 1. The van der Waals surface area contributed by atoms with Crippen molar-refractivity contribution in [1.29, 1.82) is 0 Å². The first-order valence-electron chi connectivity index (χ1n) is 10.3. The second kappa shape index (κ2) is 11.2. The maximum atomic E-state index is 12.7. The molecule has 2 unspecified atom stereocenters. The van der Waals surface area contributed by atoms with Gasteiger partial charge in [-0.15, -0.1) is 11.8 Å². The van der Waals surface area contributed by atoms with Crippen LogP contribution in [0.1, 0.15) is 34.1 Å². The van der Waals surface area contributed by atoms with Gasteiger partial charge in [0.15, 0.2) is 5.78 Å². The number of likely N-dealkylation sites (N-methyl/N-ethyl adjacent to an activating group) is 1. The van der Waals surface area contributed by atoms with Crippen molar-refractivity contribution in [2.75, 3.05) is 52.2 Å². The lowest BCUT2D eigenvalue weighted by atomic mass is 9.99. The zero-order valence-electron chi connectivity index (χ0n) is 17.9. The van der Waals surface area contributed by atoms with Gasteiger partial charge in [0.1, 0.15) is 0 Å². The van der Waals surface area contributed by atoms with Crippen LogP contribution in [0.15, 0.2) is 4.99 Å². The lowest BCUT2D eigenvalue weighted by Crippen LogP contribution is -2.50. The van der Waals surface area contributed by atoms with Crippen molar-refractivity contribution in [3.8, 4) is 0 Å². The Kier molecular flexibility index (Phi) is 9.24. The van der Waals surface area contributed by atoms with Crippen molar-refractivity contribution in [2.45, 2.75) is 46.2 Å². The molecule has 2 heterocycles. The molecular weight excluding hydrogens is 376 g/mol. The minimum Gasteiger partial charge on any atom is -0.379 e. The van der Waals surface area contributed by atoms with Crippen LogP contribution < -0.4 is 5.32 Å². The molecule has 0 radical (unpaired) electrons. The van der Waals surface area contributed by atoms with E-state index in [2.05, 4.69) is 24.1 Å². The van der Waals surface area contributed by atoms with Gasteiger partial charge < -0.3 is 15.0 Å². The van der Waals surface area contributed by atoms with Crippen molar-refractivity contribution in [1.82, 2.24) is 15.1 Å². The number of nitrogens with zero attached hydrogens (tertiary/aromatic N) is 3. The summed E-state index contributed by atoms with van der Waals surface area (Å²) in [5.74, 6) is 1.33. The van der Waals surface area contributed by atoms with E-state index in [1.807, 2.05) is 13.8 Å². The standard InChI is InChI=1S/C20H36N4O3S/c1-14(2)18(25)17(6-7-24-8-10-27-11-9-24)22-20(26)23(5)12-16-13-28-19(21-16)15(3)4/h14-17H,6-13H2,1-5H3,(H,22,26). The van der Waals surface area contributed by atoms with Gasteiger partial charge in [0.25, 0.3) is 0 Å². The number of carbonyl (C=O) groups excluding carboxylic acids is 2. The highest BCUT2D eigenvalue weighted by Gasteiger charge is 2.27. The van der Waals surface area contributed by atoms with Gasteiger partial charge in [-0.2, -0.15) is 0 Å². The van der Waals surface area contributed by atoms with Crippen molar-refractivity contribution >= 4 is 28.6 Å². The van der Waals surface area contributed by atoms with E-state index in [-0.39, 0.29) is 23.8 Å². The number of morpholine rings is 1. The van der Waals surface area contributed by atoms with Gasteiger partial charge >= 0.3 is 6.03 Å². The molecule has 2 aliphatic heterocycles. The summed E-state index contributed by atoms with van der Waals surface area (Å²) in [6.45, 7) is 12.6. The Balaban J connectivity index is 1.88. The number of ether oxygens (including phenoxy) is 1. The SMILES string of the molecule is CC(C)C(=O)C(CCN1CCOCC1)NC(=O)N(C)CC1CSC(C(C)C)=N1. The normalized spacial score (nSPS) is 21.7. The smallest absolute Gasteiger partial charge is 0.317 e. The summed E-state index contributed by atoms with van der Waals surface area (Å²) < 4.78 is 5.38. The first-order chi connectivity index (χ1) is 13.3. The topological polar surface area (TPSA) is 74.2 Å². The summed E-state index contributed by atoms with van der Waals surface area (Å²) in [7, 11) is 1.78. The molecule has 160 valence electrons. The van der Waals surface area contributed by atoms with Gasteiger partial charge in [-0.1, -0.05) is 27.7 Å². The van der Waals surface area contributed by atoms with Crippen molar-refractivity contribution in [3.63, 3.8) is 0 Å². The number of nitrogens with one attached hydrogen (secondary N) is 1. The van der Waals surface area contributed by atoms with E-state index in [1.165, 1.54) is 0 Å². The van der Waals surface area contributed by atoms with Gasteiger partial charge in [-0.25, -0.2) is 4.79 Å². The fraction of sp³-hybridized carbons (Fsp3) is 0.850. The molecule has 1 N–H and O–H groups in total. The van der Waals surface area contributed by atoms with Crippen molar-refractivity contribution in [2.24, 2.45) is 16.8 Å². The summed E-state index contributed by atoms with van der Waals surface area (Å²) in [5, 5.41) is 4.13. The second-order valence-corrected chi connectivity index (χ2v) is 9.31. The molecule has 0 saturated carbocycles. The van der Waals surface area contributed by atoms with E-state index >= 15 is 0 Å². The van der Waals surface area contributed by atoms with E-state index in [9.17, 15) is 9.59 Å². The number of urea groups is 1. The number of thioether (sulfide) groups is 1. The minimum absolute atomic E-state index is 0.0894. The summed E-state index contributed by atoms with van der Waals surface area (Å²) in [5.41, 5.74) is 0. The van der Waals surface area contributed by atoms with Crippen LogP contribution in [0.25, 0.3) is 0 Å². The molecule has 0 aliphatic carbocycles. The predicted octanol–water partition coefficient (Wildman–Crippen LogP) is 2.11. The van der Waals surface area contributed by atoms with E-state index in [0.717, 1.165) is 43.6 Å². The van der Waals surface area contributed by atoms with Gasteiger partial charge in [0, 0.05) is 50.8 Å². The van der Waals surface area contributed by atoms with Gasteiger partial charge in [0.2, 0.25) is 0 Å². The van der Waals surface area contributed by atoms with Gasteiger partial charge in [-0.05, 0) is 6.42 Å². The predicted molar refractivity (Wildman–Crippen MR) is 115 cm³/mol. The Labute approximate surface area is 173 Å². The monoisotopic (exact) mass is 412 g/mol. The molecule has 0 aromatic heterocycles. The molecule has 2 rings (SSSR count). The van der Waals surface area contributed by atoms with Crippen LogP contribution in [0.5, 0.6) is 0 Å². The molecule has 2 amide bonds. The molecule has 0 aromatic rings. The van der Waals surface area contributed by atoms with Crippen LogP contribution >= 0.6 is 11.8 Å². The Bertz CT molecular complexity index is 562. The maximum absolute atomic E-state index is 12.7. The van der Waals surface area contributed by atoms with Crippen molar-refractivity contribution < 1.29 is 14.3 Å². The summed E-state index contributed by atoms with van der Waals surface area (Å²) in [4.78, 5) is 34.0. The third kappa shape index (κ3) is 7.04. The Morgan fingerprint density at radius 1 is 1.29 bits per heavy atom. The molecule has 2 atom stereocenters. The van der Waals surface area contributed by atoms with Crippen LogP contribution in [0.3, 0.4) is 0 Å². The quantitative estimate of drug-likeness (QED) is 0.628. The first-order valence-corrected chi connectivity index (χ1v) is 11.3. The third-order valence-electron chi connectivity index (χ3n) is 5.11. The molecule has 0 aromatic carbocycles. The Morgan fingerprint density at radius 3 is 2.54 bits per heavy atom. The minimum atomic E-state index is -0.453. The zero-order valence-corrected chi connectivity index (χ0v) is 18.8. The molecule has 28 heavy (non-hydrogen) atoms. The molecule has 1 fully saturated rings. The lowest BCUT2D eigenvalue weighted by molar-refractivity contribution is -0.124. The largest absolute Gasteiger partial charge is 0.379 e.